The summed E-state index contributed by atoms with van der Waals surface area (Å²) in [5.74, 6) is 0. The lowest BCUT2D eigenvalue weighted by atomic mass is 9.92. The molecule has 0 radical (unpaired) electrons. The molecule has 2 N–H and O–H groups in total. The summed E-state index contributed by atoms with van der Waals surface area (Å²) in [5.41, 5.74) is 9.04. The lowest BCUT2D eigenvalue weighted by Gasteiger charge is -2.18. The smallest absolute Gasteiger partial charge is 0.0483 e. The molecule has 1 unspecified atom stereocenters. The minimum Gasteiger partial charge on any atom is -0.347 e. The molecule has 19 heavy (non-hydrogen) atoms. The Kier molecular flexibility index (Phi) is 4.00. The number of nitrogens with two attached hydrogens (primary N) is 1. The van der Waals surface area contributed by atoms with Gasteiger partial charge in [0.1, 0.15) is 0 Å². The summed E-state index contributed by atoms with van der Waals surface area (Å²) in [6, 6.07) is 8.86. The van der Waals surface area contributed by atoms with Gasteiger partial charge >= 0.3 is 0 Å². The number of aryl methyl sites for hydroxylation is 1. The maximum atomic E-state index is 5.96. The zero-order valence-corrected chi connectivity index (χ0v) is 12.6. The van der Waals surface area contributed by atoms with Gasteiger partial charge in [0.25, 0.3) is 0 Å². The summed E-state index contributed by atoms with van der Waals surface area (Å²) in [7, 11) is 0. The summed E-state index contributed by atoms with van der Waals surface area (Å²) in [4.78, 5) is 0. The normalized spacial score (nSPS) is 13.9. The van der Waals surface area contributed by atoms with Gasteiger partial charge in [-0.15, -0.1) is 0 Å². The molecule has 1 atom stereocenters. The Hall–Kier alpha value is -1.28. The Labute approximate surface area is 116 Å². The van der Waals surface area contributed by atoms with Gasteiger partial charge in [-0.2, -0.15) is 0 Å². The zero-order chi connectivity index (χ0) is 14.0. The molecule has 2 nitrogen and oxygen atoms in total. The van der Waals surface area contributed by atoms with Gasteiger partial charge in [-0.25, -0.2) is 0 Å². The summed E-state index contributed by atoms with van der Waals surface area (Å²) < 4.78 is 2.39. The second kappa shape index (κ2) is 5.38. The van der Waals surface area contributed by atoms with Crippen molar-refractivity contribution in [1.82, 2.24) is 4.57 Å². The fourth-order valence-corrected chi connectivity index (χ4v) is 2.47. The summed E-state index contributed by atoms with van der Waals surface area (Å²) in [6.45, 7) is 10.0. The lowest BCUT2D eigenvalue weighted by Crippen LogP contribution is -2.17. The highest BCUT2D eigenvalue weighted by Crippen LogP contribution is 2.25. The first-order chi connectivity index (χ1) is 8.87. The first-order valence-electron chi connectivity index (χ1n) is 7.19. The van der Waals surface area contributed by atoms with E-state index in [4.69, 9.17) is 5.73 Å². The van der Waals surface area contributed by atoms with E-state index in [1.165, 1.54) is 22.9 Å². The number of aromatic nitrogens is 1. The number of fused-ring (bicyclic) bond motifs is 1. The minimum atomic E-state index is 0.210. The molecule has 2 aromatic rings. The molecule has 0 saturated carbocycles. The molecule has 2 rings (SSSR count). The largest absolute Gasteiger partial charge is 0.347 e. The van der Waals surface area contributed by atoms with E-state index in [0.717, 1.165) is 13.0 Å². The molecule has 2 heteroatoms. The van der Waals surface area contributed by atoms with Crippen molar-refractivity contribution >= 4 is 10.9 Å². The van der Waals surface area contributed by atoms with E-state index in [2.05, 4.69) is 62.7 Å². The van der Waals surface area contributed by atoms with Crippen LogP contribution in [0.3, 0.4) is 0 Å². The molecule has 0 fully saturated rings. The highest BCUT2D eigenvalue weighted by Gasteiger charge is 2.13. The van der Waals surface area contributed by atoms with Crippen LogP contribution in [-0.2, 0) is 13.0 Å². The topological polar surface area (TPSA) is 30.9 Å². The van der Waals surface area contributed by atoms with E-state index in [-0.39, 0.29) is 6.04 Å². The number of para-hydroxylation sites is 1. The summed E-state index contributed by atoms with van der Waals surface area (Å²) in [6.07, 6.45) is 4.42. The first kappa shape index (κ1) is 14.1. The van der Waals surface area contributed by atoms with Crippen molar-refractivity contribution in [2.75, 3.05) is 0 Å². The third-order valence-corrected chi connectivity index (χ3v) is 3.52. The van der Waals surface area contributed by atoms with Crippen molar-refractivity contribution < 1.29 is 0 Å². The molecule has 0 amide bonds. The van der Waals surface area contributed by atoms with E-state index >= 15 is 0 Å². The average Bonchev–Trinajstić information content (AvgIpc) is 2.64. The Morgan fingerprint density at radius 1 is 1.21 bits per heavy atom. The molecule has 1 aromatic carbocycles. The molecule has 0 spiro atoms. The Morgan fingerprint density at radius 3 is 2.53 bits per heavy atom. The van der Waals surface area contributed by atoms with Gasteiger partial charge in [0.05, 0.1) is 0 Å². The van der Waals surface area contributed by atoms with Crippen LogP contribution < -0.4 is 5.73 Å². The number of hydrogen-bond donors (Lipinski definition) is 1. The van der Waals surface area contributed by atoms with Crippen LogP contribution in [0.2, 0.25) is 0 Å². The Bertz CT molecular complexity index is 544. The van der Waals surface area contributed by atoms with Crippen LogP contribution >= 0.6 is 0 Å². The minimum absolute atomic E-state index is 0.210. The van der Waals surface area contributed by atoms with E-state index in [1.807, 2.05) is 0 Å². The van der Waals surface area contributed by atoms with E-state index in [1.54, 1.807) is 0 Å². The predicted octanol–water partition coefficient (Wildman–Crippen LogP) is 3.97. The van der Waals surface area contributed by atoms with Crippen LogP contribution in [-0.4, -0.2) is 10.6 Å². The standard InChI is InChI=1S/C17H26N2/c1-13(18)11-14-12-19(10-9-17(2,3)4)16-8-6-5-7-15(14)16/h5-8,12-13H,9-11,18H2,1-4H3. The predicted molar refractivity (Wildman–Crippen MR) is 83.4 cm³/mol. The van der Waals surface area contributed by atoms with E-state index < -0.39 is 0 Å². The maximum Gasteiger partial charge on any atom is 0.0483 e. The molecule has 1 aromatic heterocycles. The average molecular weight is 258 g/mol. The highest BCUT2D eigenvalue weighted by molar-refractivity contribution is 5.84. The zero-order valence-electron chi connectivity index (χ0n) is 12.6. The van der Waals surface area contributed by atoms with Crippen LogP contribution in [0, 0.1) is 5.41 Å². The van der Waals surface area contributed by atoms with Gasteiger partial charge in [0.15, 0.2) is 0 Å². The van der Waals surface area contributed by atoms with Crippen LogP contribution in [0.1, 0.15) is 39.7 Å². The number of hydrogen-bond acceptors (Lipinski definition) is 1. The molecule has 0 aliphatic carbocycles. The van der Waals surface area contributed by atoms with E-state index in [9.17, 15) is 0 Å². The number of rotatable bonds is 4. The molecule has 0 aliphatic heterocycles. The third kappa shape index (κ3) is 3.60. The van der Waals surface area contributed by atoms with Crippen LogP contribution in [0.15, 0.2) is 30.5 Å². The highest BCUT2D eigenvalue weighted by atomic mass is 15.0. The molecule has 1 heterocycles. The van der Waals surface area contributed by atoms with Crippen LogP contribution in [0.5, 0.6) is 0 Å². The summed E-state index contributed by atoms with van der Waals surface area (Å²) >= 11 is 0. The van der Waals surface area contributed by atoms with Gasteiger partial charge in [-0.1, -0.05) is 39.0 Å². The Balaban J connectivity index is 2.33. The molecule has 0 saturated heterocycles. The summed E-state index contributed by atoms with van der Waals surface area (Å²) in [5, 5.41) is 1.36. The van der Waals surface area contributed by atoms with Crippen molar-refractivity contribution in [3.63, 3.8) is 0 Å². The van der Waals surface area contributed by atoms with Gasteiger partial charge in [0, 0.05) is 29.7 Å². The monoisotopic (exact) mass is 258 g/mol. The van der Waals surface area contributed by atoms with Gasteiger partial charge in [-0.05, 0) is 36.8 Å². The molecule has 0 bridgehead atoms. The number of benzene rings is 1. The SMILES string of the molecule is CC(N)Cc1cn(CCC(C)(C)C)c2ccccc12. The van der Waals surface area contributed by atoms with Crippen LogP contribution in [0.4, 0.5) is 0 Å². The molecular weight excluding hydrogens is 232 g/mol. The molecule has 104 valence electrons. The molecule has 0 aliphatic rings. The van der Waals surface area contributed by atoms with Gasteiger partial charge in [-0.3, -0.25) is 0 Å². The van der Waals surface area contributed by atoms with Crippen molar-refractivity contribution in [2.45, 2.75) is 53.1 Å². The third-order valence-electron chi connectivity index (χ3n) is 3.52. The van der Waals surface area contributed by atoms with Crippen molar-refractivity contribution in [3.8, 4) is 0 Å². The van der Waals surface area contributed by atoms with Gasteiger partial charge in [0.2, 0.25) is 0 Å². The second-order valence-electron chi connectivity index (χ2n) is 6.86. The Morgan fingerprint density at radius 2 is 1.89 bits per heavy atom. The van der Waals surface area contributed by atoms with Gasteiger partial charge < -0.3 is 10.3 Å². The fraction of sp³-hybridized carbons (Fsp3) is 0.529. The van der Waals surface area contributed by atoms with Crippen molar-refractivity contribution in [3.05, 3.63) is 36.0 Å². The second-order valence-corrected chi connectivity index (χ2v) is 6.86. The lowest BCUT2D eigenvalue weighted by molar-refractivity contribution is 0.353. The van der Waals surface area contributed by atoms with Crippen molar-refractivity contribution in [2.24, 2.45) is 11.1 Å². The van der Waals surface area contributed by atoms with Crippen molar-refractivity contribution in [1.29, 1.82) is 0 Å². The van der Waals surface area contributed by atoms with E-state index in [0.29, 0.717) is 5.41 Å². The fourth-order valence-electron chi connectivity index (χ4n) is 2.47. The quantitative estimate of drug-likeness (QED) is 0.884. The van der Waals surface area contributed by atoms with Crippen LogP contribution in [0.25, 0.3) is 10.9 Å². The maximum absolute atomic E-state index is 5.96. The number of nitrogens with zero attached hydrogens (tertiary/aromatic N) is 1. The first-order valence-corrected chi connectivity index (χ1v) is 7.19. The molecular formula is C17H26N2.